The second kappa shape index (κ2) is 5.89. The summed E-state index contributed by atoms with van der Waals surface area (Å²) in [5.41, 5.74) is -0.0752. The highest BCUT2D eigenvalue weighted by Crippen LogP contribution is 2.20. The van der Waals surface area contributed by atoms with Crippen molar-refractivity contribution in [3.05, 3.63) is 29.3 Å². The van der Waals surface area contributed by atoms with Crippen LogP contribution in [-0.4, -0.2) is 23.3 Å². The third kappa shape index (κ3) is 3.91. The smallest absolute Gasteiger partial charge is 0.319 e. The first-order chi connectivity index (χ1) is 8.00. The van der Waals surface area contributed by atoms with Crippen molar-refractivity contribution in [3.8, 4) is 0 Å². The molecule has 0 bridgehead atoms. The van der Waals surface area contributed by atoms with Crippen molar-refractivity contribution in [2.75, 3.05) is 11.9 Å². The Bertz CT molecular complexity index is 392. The zero-order valence-corrected chi connectivity index (χ0v) is 10.7. The van der Waals surface area contributed by atoms with E-state index in [0.29, 0.717) is 17.1 Å². The van der Waals surface area contributed by atoms with Crippen LogP contribution in [0.4, 0.5) is 10.5 Å². The van der Waals surface area contributed by atoms with Crippen molar-refractivity contribution in [2.45, 2.75) is 25.8 Å². The lowest BCUT2D eigenvalue weighted by molar-refractivity contribution is 0.172. The van der Waals surface area contributed by atoms with Crippen molar-refractivity contribution in [2.24, 2.45) is 0 Å². The molecule has 0 spiro atoms. The van der Waals surface area contributed by atoms with E-state index in [1.54, 1.807) is 31.2 Å². The zero-order chi connectivity index (χ0) is 12.9. The monoisotopic (exact) mass is 256 g/mol. The van der Waals surface area contributed by atoms with Gasteiger partial charge in [-0.25, -0.2) is 4.79 Å². The van der Waals surface area contributed by atoms with E-state index < -0.39 is 5.54 Å². The Balaban J connectivity index is 2.65. The average Bonchev–Trinajstić information content (AvgIpc) is 2.32. The Morgan fingerprint density at radius 3 is 2.65 bits per heavy atom. The first kappa shape index (κ1) is 13.8. The molecule has 0 aliphatic heterocycles. The maximum Gasteiger partial charge on any atom is 0.319 e. The average molecular weight is 257 g/mol. The largest absolute Gasteiger partial charge is 0.394 e. The Morgan fingerprint density at radius 1 is 1.47 bits per heavy atom. The van der Waals surface area contributed by atoms with Gasteiger partial charge in [-0.3, -0.25) is 0 Å². The molecule has 0 fully saturated rings. The zero-order valence-electron chi connectivity index (χ0n) is 9.96. The van der Waals surface area contributed by atoms with Crippen LogP contribution in [0.15, 0.2) is 24.3 Å². The Kier molecular flexibility index (Phi) is 4.78. The van der Waals surface area contributed by atoms with Gasteiger partial charge in [0, 0.05) is 0 Å². The summed E-state index contributed by atoms with van der Waals surface area (Å²) in [5.74, 6) is 0. The van der Waals surface area contributed by atoms with E-state index in [2.05, 4.69) is 10.6 Å². The fraction of sp³-hybridized carbons (Fsp3) is 0.417. The standard InChI is InChI=1S/C12H17ClN2O2/c1-3-12(2,8-16)15-11(17)14-10-7-5-4-6-9(10)13/h4-7,16H,3,8H2,1-2H3,(H2,14,15,17). The SMILES string of the molecule is CCC(C)(CO)NC(=O)Nc1ccccc1Cl. The third-order valence-corrected chi connectivity index (χ3v) is 3.00. The molecule has 1 aromatic rings. The molecule has 0 aromatic heterocycles. The number of halogens is 1. The van der Waals surface area contributed by atoms with Gasteiger partial charge in [-0.1, -0.05) is 30.7 Å². The van der Waals surface area contributed by atoms with Gasteiger partial charge in [0.15, 0.2) is 0 Å². The molecular formula is C12H17ClN2O2. The molecule has 94 valence electrons. The van der Waals surface area contributed by atoms with E-state index in [1.165, 1.54) is 0 Å². The molecular weight excluding hydrogens is 240 g/mol. The van der Waals surface area contributed by atoms with E-state index in [9.17, 15) is 9.90 Å². The number of rotatable bonds is 4. The van der Waals surface area contributed by atoms with Crippen LogP contribution in [0.2, 0.25) is 5.02 Å². The summed E-state index contributed by atoms with van der Waals surface area (Å²) >= 11 is 5.92. The van der Waals surface area contributed by atoms with Crippen LogP contribution in [0.5, 0.6) is 0 Å². The second-order valence-electron chi connectivity index (χ2n) is 4.13. The number of aliphatic hydroxyl groups is 1. The van der Waals surface area contributed by atoms with Gasteiger partial charge in [-0.2, -0.15) is 0 Å². The van der Waals surface area contributed by atoms with Gasteiger partial charge in [0.2, 0.25) is 0 Å². The fourth-order valence-electron chi connectivity index (χ4n) is 1.23. The maximum absolute atomic E-state index is 11.7. The number of hydrogen-bond acceptors (Lipinski definition) is 2. The minimum atomic E-state index is -0.620. The van der Waals surface area contributed by atoms with Gasteiger partial charge in [-0.05, 0) is 25.5 Å². The van der Waals surface area contributed by atoms with Crippen LogP contribution in [0.25, 0.3) is 0 Å². The van der Waals surface area contributed by atoms with Crippen LogP contribution in [0, 0.1) is 0 Å². The van der Waals surface area contributed by atoms with Crippen molar-refractivity contribution in [1.29, 1.82) is 0 Å². The number of anilines is 1. The molecule has 0 radical (unpaired) electrons. The molecule has 2 amide bonds. The molecule has 4 nitrogen and oxygen atoms in total. The maximum atomic E-state index is 11.7. The number of benzene rings is 1. The van der Waals surface area contributed by atoms with E-state index >= 15 is 0 Å². The molecule has 0 aliphatic carbocycles. The number of carbonyl (C=O) groups is 1. The highest BCUT2D eigenvalue weighted by molar-refractivity contribution is 6.33. The van der Waals surface area contributed by atoms with Gasteiger partial charge in [0.05, 0.1) is 22.9 Å². The van der Waals surface area contributed by atoms with Crippen LogP contribution in [-0.2, 0) is 0 Å². The number of hydrogen-bond donors (Lipinski definition) is 3. The molecule has 1 rings (SSSR count). The van der Waals surface area contributed by atoms with Crippen molar-refractivity contribution >= 4 is 23.3 Å². The van der Waals surface area contributed by atoms with Crippen LogP contribution in [0.3, 0.4) is 0 Å². The minimum absolute atomic E-state index is 0.112. The van der Waals surface area contributed by atoms with E-state index in [0.717, 1.165) is 0 Å². The van der Waals surface area contributed by atoms with Gasteiger partial charge in [0.25, 0.3) is 0 Å². The van der Waals surface area contributed by atoms with Crippen LogP contribution in [0.1, 0.15) is 20.3 Å². The highest BCUT2D eigenvalue weighted by atomic mass is 35.5. The molecule has 0 aliphatic rings. The third-order valence-electron chi connectivity index (χ3n) is 2.67. The van der Waals surface area contributed by atoms with Gasteiger partial charge in [0.1, 0.15) is 0 Å². The van der Waals surface area contributed by atoms with Gasteiger partial charge >= 0.3 is 6.03 Å². The molecule has 17 heavy (non-hydrogen) atoms. The van der Waals surface area contributed by atoms with E-state index in [-0.39, 0.29) is 12.6 Å². The summed E-state index contributed by atoms with van der Waals surface area (Å²) in [6.07, 6.45) is 0.638. The molecule has 5 heteroatoms. The van der Waals surface area contributed by atoms with Crippen molar-refractivity contribution in [3.63, 3.8) is 0 Å². The number of carbonyl (C=O) groups excluding carboxylic acids is 1. The topological polar surface area (TPSA) is 61.4 Å². The first-order valence-corrected chi connectivity index (χ1v) is 5.83. The van der Waals surface area contributed by atoms with Crippen molar-refractivity contribution in [1.82, 2.24) is 5.32 Å². The number of amides is 2. The predicted molar refractivity (Wildman–Crippen MR) is 69.4 cm³/mol. The second-order valence-corrected chi connectivity index (χ2v) is 4.54. The van der Waals surface area contributed by atoms with Gasteiger partial charge in [-0.15, -0.1) is 0 Å². The lowest BCUT2D eigenvalue weighted by Crippen LogP contribution is -2.50. The number of para-hydroxylation sites is 1. The predicted octanol–water partition coefficient (Wildman–Crippen LogP) is 2.62. The minimum Gasteiger partial charge on any atom is -0.394 e. The fourth-order valence-corrected chi connectivity index (χ4v) is 1.41. The Hall–Kier alpha value is -1.26. The normalized spacial score (nSPS) is 13.9. The van der Waals surface area contributed by atoms with E-state index in [4.69, 9.17) is 11.6 Å². The summed E-state index contributed by atoms with van der Waals surface area (Å²) in [6.45, 7) is 3.56. The highest BCUT2D eigenvalue weighted by Gasteiger charge is 2.23. The molecule has 0 saturated heterocycles. The number of aliphatic hydroxyl groups excluding tert-OH is 1. The Morgan fingerprint density at radius 2 is 2.12 bits per heavy atom. The number of urea groups is 1. The number of nitrogens with one attached hydrogen (secondary N) is 2. The van der Waals surface area contributed by atoms with E-state index in [1.807, 2.05) is 6.92 Å². The van der Waals surface area contributed by atoms with Gasteiger partial charge < -0.3 is 15.7 Å². The quantitative estimate of drug-likeness (QED) is 0.776. The summed E-state index contributed by atoms with van der Waals surface area (Å²) in [5, 5.41) is 15.0. The Labute approximate surface area is 106 Å². The molecule has 3 N–H and O–H groups in total. The summed E-state index contributed by atoms with van der Waals surface area (Å²) in [6, 6.07) is 6.60. The summed E-state index contributed by atoms with van der Waals surface area (Å²) in [7, 11) is 0. The van der Waals surface area contributed by atoms with Crippen molar-refractivity contribution < 1.29 is 9.90 Å². The first-order valence-electron chi connectivity index (χ1n) is 5.45. The molecule has 0 heterocycles. The summed E-state index contributed by atoms with van der Waals surface area (Å²) < 4.78 is 0. The molecule has 1 aromatic carbocycles. The summed E-state index contributed by atoms with van der Waals surface area (Å²) in [4.78, 5) is 11.7. The van der Waals surface area contributed by atoms with Crippen LogP contribution >= 0.6 is 11.6 Å². The lowest BCUT2D eigenvalue weighted by Gasteiger charge is -2.27. The molecule has 0 saturated carbocycles. The molecule has 1 atom stereocenters. The molecule has 1 unspecified atom stereocenters. The lowest BCUT2D eigenvalue weighted by atomic mass is 10.0. The van der Waals surface area contributed by atoms with Crippen LogP contribution < -0.4 is 10.6 Å².